The predicted octanol–water partition coefficient (Wildman–Crippen LogP) is 5.32. The Labute approximate surface area is 194 Å². The molecule has 1 amide bonds. The van der Waals surface area contributed by atoms with Crippen molar-refractivity contribution in [1.29, 1.82) is 0 Å². The van der Waals surface area contributed by atoms with Crippen molar-refractivity contribution in [2.45, 2.75) is 17.9 Å². The molecule has 0 fully saturated rings. The molecule has 33 heavy (non-hydrogen) atoms. The summed E-state index contributed by atoms with van der Waals surface area (Å²) in [7, 11) is -3.69. The van der Waals surface area contributed by atoms with Gasteiger partial charge in [-0.1, -0.05) is 78.4 Å². The molecule has 5 nitrogen and oxygen atoms in total. The van der Waals surface area contributed by atoms with Gasteiger partial charge in [0.2, 0.25) is 0 Å². The Morgan fingerprint density at radius 1 is 0.697 bits per heavy atom. The zero-order valence-corrected chi connectivity index (χ0v) is 18.9. The number of benzene rings is 4. The third-order valence-corrected chi connectivity index (χ3v) is 6.67. The van der Waals surface area contributed by atoms with Gasteiger partial charge in [-0.3, -0.25) is 9.52 Å². The summed E-state index contributed by atoms with van der Waals surface area (Å²) in [5.74, 6) is -0.248. The summed E-state index contributed by atoms with van der Waals surface area (Å²) >= 11 is 0. The predicted molar refractivity (Wildman–Crippen MR) is 131 cm³/mol. The van der Waals surface area contributed by atoms with Crippen LogP contribution in [-0.2, 0) is 10.0 Å². The van der Waals surface area contributed by atoms with Gasteiger partial charge in [-0.2, -0.15) is 0 Å². The second-order valence-corrected chi connectivity index (χ2v) is 9.41. The molecule has 0 aliphatic heterocycles. The van der Waals surface area contributed by atoms with E-state index in [2.05, 4.69) is 10.0 Å². The molecule has 0 spiro atoms. The van der Waals surface area contributed by atoms with Crippen molar-refractivity contribution in [3.05, 3.63) is 131 Å². The highest BCUT2D eigenvalue weighted by molar-refractivity contribution is 7.92. The third-order valence-electron chi connectivity index (χ3n) is 5.27. The van der Waals surface area contributed by atoms with Gasteiger partial charge < -0.3 is 5.32 Å². The number of anilines is 1. The fraction of sp³-hybridized carbons (Fsp3) is 0.0741. The number of sulfonamides is 1. The Balaban J connectivity index is 1.52. The Morgan fingerprint density at radius 2 is 1.24 bits per heavy atom. The molecule has 0 unspecified atom stereocenters. The number of rotatable bonds is 7. The molecule has 2 N–H and O–H groups in total. The molecule has 6 heteroatoms. The summed E-state index contributed by atoms with van der Waals surface area (Å²) in [6.07, 6.45) is 0. The fourth-order valence-corrected chi connectivity index (χ4v) is 4.56. The fourth-order valence-electron chi connectivity index (χ4n) is 3.48. The van der Waals surface area contributed by atoms with Crippen LogP contribution in [-0.4, -0.2) is 14.3 Å². The quantitative estimate of drug-likeness (QED) is 0.395. The normalized spacial score (nSPS) is 12.0. The maximum absolute atomic E-state index is 13.0. The van der Waals surface area contributed by atoms with Gasteiger partial charge >= 0.3 is 0 Å². The van der Waals surface area contributed by atoms with Gasteiger partial charge in [-0.15, -0.1) is 0 Å². The highest BCUT2D eigenvalue weighted by atomic mass is 32.2. The van der Waals surface area contributed by atoms with E-state index in [4.69, 9.17) is 0 Å². The number of carbonyl (C=O) groups is 1. The molecule has 1 atom stereocenters. The number of aryl methyl sites for hydroxylation is 1. The maximum atomic E-state index is 13.0. The SMILES string of the molecule is Cc1ccc([C@@H](NC(=O)c2ccc(NS(=O)(=O)c3ccccc3)cc2)c2ccccc2)cc1. The van der Waals surface area contributed by atoms with Crippen molar-refractivity contribution in [2.75, 3.05) is 4.72 Å². The average Bonchev–Trinajstić information content (AvgIpc) is 2.84. The van der Waals surface area contributed by atoms with E-state index in [0.29, 0.717) is 11.3 Å². The summed E-state index contributed by atoms with van der Waals surface area (Å²) in [5, 5.41) is 3.10. The Morgan fingerprint density at radius 3 is 1.85 bits per heavy atom. The van der Waals surface area contributed by atoms with Crippen LogP contribution in [0.25, 0.3) is 0 Å². The van der Waals surface area contributed by atoms with E-state index in [1.165, 1.54) is 12.1 Å². The van der Waals surface area contributed by atoms with Crippen LogP contribution in [0.3, 0.4) is 0 Å². The molecule has 0 saturated heterocycles. The van der Waals surface area contributed by atoms with E-state index in [-0.39, 0.29) is 16.8 Å². The largest absolute Gasteiger partial charge is 0.341 e. The zero-order valence-electron chi connectivity index (χ0n) is 18.1. The van der Waals surface area contributed by atoms with Crippen molar-refractivity contribution >= 4 is 21.6 Å². The van der Waals surface area contributed by atoms with E-state index in [0.717, 1.165) is 16.7 Å². The van der Waals surface area contributed by atoms with Crippen molar-refractivity contribution < 1.29 is 13.2 Å². The molecule has 0 heterocycles. The summed E-state index contributed by atoms with van der Waals surface area (Å²) < 4.78 is 27.6. The highest BCUT2D eigenvalue weighted by Crippen LogP contribution is 2.23. The number of hydrogen-bond donors (Lipinski definition) is 2. The first-order chi connectivity index (χ1) is 15.9. The van der Waals surface area contributed by atoms with E-state index >= 15 is 0 Å². The molecule has 0 aliphatic rings. The van der Waals surface area contributed by atoms with Gasteiger partial charge in [0, 0.05) is 11.3 Å². The van der Waals surface area contributed by atoms with E-state index in [9.17, 15) is 13.2 Å². The molecule has 0 saturated carbocycles. The second-order valence-electron chi connectivity index (χ2n) is 7.72. The number of amides is 1. The molecule has 0 bridgehead atoms. The minimum absolute atomic E-state index is 0.177. The van der Waals surface area contributed by atoms with Crippen LogP contribution in [0.1, 0.15) is 33.1 Å². The van der Waals surface area contributed by atoms with Gasteiger partial charge in [-0.25, -0.2) is 8.42 Å². The number of nitrogens with one attached hydrogen (secondary N) is 2. The Kier molecular flexibility index (Phi) is 6.56. The first kappa shape index (κ1) is 22.3. The van der Waals surface area contributed by atoms with Crippen molar-refractivity contribution in [3.63, 3.8) is 0 Å². The van der Waals surface area contributed by atoms with Gasteiger partial charge in [0.25, 0.3) is 15.9 Å². The van der Waals surface area contributed by atoms with E-state index in [1.54, 1.807) is 42.5 Å². The standard InChI is InChI=1S/C27H24N2O3S/c1-20-12-14-22(15-13-20)26(21-8-4-2-5-9-21)28-27(30)23-16-18-24(19-17-23)29-33(31,32)25-10-6-3-7-11-25/h2-19,26,29H,1H3,(H,28,30)/t26-/m0/s1. The lowest BCUT2D eigenvalue weighted by Crippen LogP contribution is -2.29. The number of hydrogen-bond acceptors (Lipinski definition) is 3. The minimum atomic E-state index is -3.69. The van der Waals surface area contributed by atoms with Crippen LogP contribution < -0.4 is 10.0 Å². The lowest BCUT2D eigenvalue weighted by molar-refractivity contribution is 0.0943. The average molecular weight is 457 g/mol. The van der Waals surface area contributed by atoms with Crippen LogP contribution in [0.2, 0.25) is 0 Å². The van der Waals surface area contributed by atoms with E-state index < -0.39 is 10.0 Å². The molecular weight excluding hydrogens is 432 g/mol. The van der Waals surface area contributed by atoms with Crippen molar-refractivity contribution in [2.24, 2.45) is 0 Å². The van der Waals surface area contributed by atoms with Crippen LogP contribution in [0.4, 0.5) is 5.69 Å². The van der Waals surface area contributed by atoms with Crippen molar-refractivity contribution in [3.8, 4) is 0 Å². The molecule has 4 aromatic carbocycles. The van der Waals surface area contributed by atoms with Crippen molar-refractivity contribution in [1.82, 2.24) is 5.32 Å². The Bertz CT molecular complexity index is 1320. The summed E-state index contributed by atoms with van der Waals surface area (Å²) in [6.45, 7) is 2.02. The summed E-state index contributed by atoms with van der Waals surface area (Å²) in [6, 6.07) is 32.0. The van der Waals surface area contributed by atoms with E-state index in [1.807, 2.05) is 61.5 Å². The molecule has 0 aliphatic carbocycles. The Hall–Kier alpha value is -3.90. The topological polar surface area (TPSA) is 75.3 Å². The zero-order chi connectivity index (χ0) is 23.3. The van der Waals surface area contributed by atoms with Crippen LogP contribution in [0.15, 0.2) is 114 Å². The molecule has 166 valence electrons. The molecule has 4 rings (SSSR count). The van der Waals surface area contributed by atoms with Gasteiger partial charge in [-0.05, 0) is 54.4 Å². The molecular formula is C27H24N2O3S. The third kappa shape index (κ3) is 5.48. The maximum Gasteiger partial charge on any atom is 0.261 e. The van der Waals surface area contributed by atoms with Gasteiger partial charge in [0.05, 0.1) is 10.9 Å². The monoisotopic (exact) mass is 456 g/mol. The molecule has 0 radical (unpaired) electrons. The summed E-state index contributed by atoms with van der Waals surface area (Å²) in [5.41, 5.74) is 3.92. The van der Waals surface area contributed by atoms with Gasteiger partial charge in [0.1, 0.15) is 0 Å². The van der Waals surface area contributed by atoms with Crippen LogP contribution >= 0.6 is 0 Å². The first-order valence-electron chi connectivity index (χ1n) is 10.5. The lowest BCUT2D eigenvalue weighted by atomic mass is 9.97. The smallest absolute Gasteiger partial charge is 0.261 e. The highest BCUT2D eigenvalue weighted by Gasteiger charge is 2.18. The lowest BCUT2D eigenvalue weighted by Gasteiger charge is -2.20. The van der Waals surface area contributed by atoms with Crippen LogP contribution in [0.5, 0.6) is 0 Å². The summed E-state index contributed by atoms with van der Waals surface area (Å²) in [4.78, 5) is 13.2. The molecule has 0 aromatic heterocycles. The van der Waals surface area contributed by atoms with Gasteiger partial charge in [0.15, 0.2) is 0 Å². The minimum Gasteiger partial charge on any atom is -0.341 e. The first-order valence-corrected chi connectivity index (χ1v) is 12.0. The number of carbonyl (C=O) groups excluding carboxylic acids is 1. The molecule has 4 aromatic rings. The van der Waals surface area contributed by atoms with Crippen LogP contribution in [0, 0.1) is 6.92 Å². The second kappa shape index (κ2) is 9.71.